The van der Waals surface area contributed by atoms with Crippen LogP contribution in [0.5, 0.6) is 11.8 Å². The average molecular weight is 377 g/mol. The van der Waals surface area contributed by atoms with Crippen LogP contribution in [0.3, 0.4) is 0 Å². The Hall–Kier alpha value is -3.74. The summed E-state index contributed by atoms with van der Waals surface area (Å²) in [5, 5.41) is 2.78. The number of benzene rings is 2. The second kappa shape index (κ2) is 8.30. The highest BCUT2D eigenvalue weighted by molar-refractivity contribution is 6.05. The monoisotopic (exact) mass is 377 g/mol. The lowest BCUT2D eigenvalue weighted by Crippen LogP contribution is -2.13. The minimum atomic E-state index is -0.501. The van der Waals surface area contributed by atoms with E-state index in [-0.39, 0.29) is 11.9 Å². The molecule has 0 aliphatic rings. The van der Waals surface area contributed by atoms with E-state index in [0.29, 0.717) is 22.6 Å². The van der Waals surface area contributed by atoms with Crippen molar-refractivity contribution >= 4 is 17.6 Å². The van der Waals surface area contributed by atoms with Gasteiger partial charge in [0.15, 0.2) is 0 Å². The molecule has 1 N–H and O–H groups in total. The number of aromatic nitrogens is 2. The third-order valence-electron chi connectivity index (χ3n) is 3.81. The molecule has 0 spiro atoms. The fourth-order valence-corrected chi connectivity index (χ4v) is 2.59. The fraction of sp³-hybridized carbons (Fsp3) is 0.143. The Kier molecular flexibility index (Phi) is 5.64. The van der Waals surface area contributed by atoms with E-state index in [4.69, 9.17) is 4.74 Å². The van der Waals surface area contributed by atoms with Gasteiger partial charge in [-0.05, 0) is 50.2 Å². The van der Waals surface area contributed by atoms with Crippen LogP contribution < -0.4 is 10.1 Å². The minimum absolute atomic E-state index is 0.242. The maximum Gasteiger partial charge on any atom is 0.337 e. The molecule has 0 aliphatic carbocycles. The molecule has 0 radical (unpaired) electrons. The van der Waals surface area contributed by atoms with Crippen LogP contribution >= 0.6 is 0 Å². The number of anilines is 1. The van der Waals surface area contributed by atoms with Crippen LogP contribution in [-0.4, -0.2) is 29.0 Å². The molecule has 142 valence electrons. The van der Waals surface area contributed by atoms with Crippen LogP contribution in [0.4, 0.5) is 5.69 Å². The zero-order valence-corrected chi connectivity index (χ0v) is 15.7. The number of aryl methyl sites for hydroxylation is 2. The quantitative estimate of drug-likeness (QED) is 0.678. The summed E-state index contributed by atoms with van der Waals surface area (Å²) >= 11 is 0. The molecular weight excluding hydrogens is 358 g/mol. The summed E-state index contributed by atoms with van der Waals surface area (Å²) in [6.07, 6.45) is 0. The van der Waals surface area contributed by atoms with Crippen molar-refractivity contribution in [3.63, 3.8) is 0 Å². The van der Waals surface area contributed by atoms with E-state index in [2.05, 4.69) is 20.0 Å². The Morgan fingerprint density at radius 1 is 0.893 bits per heavy atom. The third kappa shape index (κ3) is 4.70. The Balaban J connectivity index is 1.75. The van der Waals surface area contributed by atoms with Crippen LogP contribution in [0.1, 0.15) is 32.1 Å². The zero-order chi connectivity index (χ0) is 20.1. The van der Waals surface area contributed by atoms with Gasteiger partial charge >= 0.3 is 12.0 Å². The number of nitrogens with zero attached hydrogens (tertiary/aromatic N) is 2. The Labute approximate surface area is 162 Å². The molecule has 0 aliphatic heterocycles. The van der Waals surface area contributed by atoms with Crippen molar-refractivity contribution in [3.8, 4) is 11.8 Å². The summed E-state index contributed by atoms with van der Waals surface area (Å²) in [4.78, 5) is 32.6. The number of hydrogen-bond acceptors (Lipinski definition) is 6. The number of ether oxygens (including phenoxy) is 2. The third-order valence-corrected chi connectivity index (χ3v) is 3.81. The molecule has 1 amide bonds. The van der Waals surface area contributed by atoms with Gasteiger partial charge in [0.1, 0.15) is 5.75 Å². The number of hydrogen-bond donors (Lipinski definition) is 1. The predicted molar refractivity (Wildman–Crippen MR) is 104 cm³/mol. The van der Waals surface area contributed by atoms with Crippen molar-refractivity contribution in [2.24, 2.45) is 0 Å². The standard InChI is InChI=1S/C21H19N3O4/c1-13-10-14(2)23-21(22-13)28-18-9-5-8-17(12-18)24-19(25)15-6-4-7-16(11-15)20(26)27-3/h4-12H,1-3H3,(H,24,25). The first-order valence-corrected chi connectivity index (χ1v) is 8.54. The highest BCUT2D eigenvalue weighted by atomic mass is 16.5. The molecule has 0 saturated heterocycles. The van der Waals surface area contributed by atoms with Crippen molar-refractivity contribution < 1.29 is 19.1 Å². The molecule has 0 bridgehead atoms. The molecule has 7 nitrogen and oxygen atoms in total. The van der Waals surface area contributed by atoms with E-state index in [1.807, 2.05) is 19.9 Å². The molecule has 7 heteroatoms. The van der Waals surface area contributed by atoms with Gasteiger partial charge in [0, 0.05) is 28.7 Å². The predicted octanol–water partition coefficient (Wildman–Crippen LogP) is 3.92. The maximum atomic E-state index is 12.5. The largest absolute Gasteiger partial charge is 0.465 e. The molecule has 3 rings (SSSR count). The molecule has 1 aromatic heterocycles. The van der Waals surface area contributed by atoms with E-state index < -0.39 is 5.97 Å². The minimum Gasteiger partial charge on any atom is -0.465 e. The van der Waals surface area contributed by atoms with Crippen molar-refractivity contribution in [1.82, 2.24) is 9.97 Å². The number of carbonyl (C=O) groups is 2. The highest BCUT2D eigenvalue weighted by Crippen LogP contribution is 2.22. The molecule has 3 aromatic rings. The van der Waals surface area contributed by atoms with Gasteiger partial charge in [-0.15, -0.1) is 0 Å². The van der Waals surface area contributed by atoms with Gasteiger partial charge in [-0.25, -0.2) is 14.8 Å². The Bertz CT molecular complexity index is 1010. The summed E-state index contributed by atoms with van der Waals surface area (Å²) in [5.41, 5.74) is 2.79. The number of rotatable bonds is 5. The van der Waals surface area contributed by atoms with Crippen LogP contribution in [0.25, 0.3) is 0 Å². The number of carbonyl (C=O) groups excluding carboxylic acids is 2. The van der Waals surface area contributed by atoms with Crippen molar-refractivity contribution in [2.75, 3.05) is 12.4 Å². The first-order chi connectivity index (χ1) is 13.4. The molecular formula is C21H19N3O4. The lowest BCUT2D eigenvalue weighted by atomic mass is 10.1. The molecule has 1 heterocycles. The first-order valence-electron chi connectivity index (χ1n) is 8.54. The van der Waals surface area contributed by atoms with Crippen LogP contribution in [0.15, 0.2) is 54.6 Å². The van der Waals surface area contributed by atoms with E-state index >= 15 is 0 Å². The van der Waals surface area contributed by atoms with Crippen LogP contribution in [0, 0.1) is 13.8 Å². The van der Waals surface area contributed by atoms with Gasteiger partial charge in [0.25, 0.3) is 5.91 Å². The zero-order valence-electron chi connectivity index (χ0n) is 15.7. The molecule has 0 fully saturated rings. The summed E-state index contributed by atoms with van der Waals surface area (Å²) < 4.78 is 10.4. The summed E-state index contributed by atoms with van der Waals surface area (Å²) in [6, 6.07) is 15.3. The molecule has 0 saturated carbocycles. The van der Waals surface area contributed by atoms with Crippen molar-refractivity contribution in [1.29, 1.82) is 0 Å². The van der Waals surface area contributed by atoms with Gasteiger partial charge in [0.05, 0.1) is 12.7 Å². The van der Waals surface area contributed by atoms with E-state index in [1.165, 1.54) is 13.2 Å². The van der Waals surface area contributed by atoms with Gasteiger partial charge < -0.3 is 14.8 Å². The smallest absolute Gasteiger partial charge is 0.337 e. The summed E-state index contributed by atoms with van der Waals surface area (Å²) in [6.45, 7) is 3.72. The lowest BCUT2D eigenvalue weighted by molar-refractivity contribution is 0.0600. The molecule has 2 aromatic carbocycles. The Morgan fingerprint density at radius 2 is 1.57 bits per heavy atom. The fourth-order valence-electron chi connectivity index (χ4n) is 2.59. The van der Waals surface area contributed by atoms with Gasteiger partial charge in [0.2, 0.25) is 0 Å². The normalized spacial score (nSPS) is 10.2. The van der Waals surface area contributed by atoms with Crippen LogP contribution in [0.2, 0.25) is 0 Å². The van der Waals surface area contributed by atoms with Gasteiger partial charge in [-0.2, -0.15) is 0 Å². The summed E-state index contributed by atoms with van der Waals surface area (Å²) in [7, 11) is 1.29. The van der Waals surface area contributed by atoms with Crippen molar-refractivity contribution in [2.45, 2.75) is 13.8 Å². The van der Waals surface area contributed by atoms with Gasteiger partial charge in [-0.1, -0.05) is 12.1 Å². The number of esters is 1. The summed E-state index contributed by atoms with van der Waals surface area (Å²) in [5.74, 6) is -0.366. The van der Waals surface area contributed by atoms with E-state index in [1.54, 1.807) is 42.5 Å². The molecule has 0 atom stereocenters. The SMILES string of the molecule is COC(=O)c1cccc(C(=O)Nc2cccc(Oc3nc(C)cc(C)n3)c2)c1. The Morgan fingerprint density at radius 3 is 2.29 bits per heavy atom. The van der Waals surface area contributed by atoms with Crippen LogP contribution in [-0.2, 0) is 4.74 Å². The lowest BCUT2D eigenvalue weighted by Gasteiger charge is -2.09. The molecule has 0 unspecified atom stereocenters. The maximum absolute atomic E-state index is 12.5. The topological polar surface area (TPSA) is 90.4 Å². The number of nitrogens with one attached hydrogen (secondary N) is 1. The van der Waals surface area contributed by atoms with E-state index in [9.17, 15) is 9.59 Å². The van der Waals surface area contributed by atoms with E-state index in [0.717, 1.165) is 11.4 Å². The first kappa shape index (κ1) is 19.0. The molecule has 28 heavy (non-hydrogen) atoms. The second-order valence-electron chi connectivity index (χ2n) is 6.09. The number of methoxy groups -OCH3 is 1. The second-order valence-corrected chi connectivity index (χ2v) is 6.09. The average Bonchev–Trinajstić information content (AvgIpc) is 2.67. The van der Waals surface area contributed by atoms with Crippen molar-refractivity contribution in [3.05, 3.63) is 77.1 Å². The highest BCUT2D eigenvalue weighted by Gasteiger charge is 2.11. The van der Waals surface area contributed by atoms with Gasteiger partial charge in [-0.3, -0.25) is 4.79 Å². The number of amides is 1.